The van der Waals surface area contributed by atoms with Crippen molar-refractivity contribution in [1.29, 1.82) is 0 Å². The number of carbonyl (C=O) groups excluding carboxylic acids is 1. The van der Waals surface area contributed by atoms with Crippen molar-refractivity contribution in [3.63, 3.8) is 0 Å². The number of halogens is 1. The first-order valence-corrected chi connectivity index (χ1v) is 7.61. The molecule has 0 aliphatic carbocycles. The highest BCUT2D eigenvalue weighted by Crippen LogP contribution is 2.12. The van der Waals surface area contributed by atoms with Gasteiger partial charge in [-0.15, -0.1) is 5.10 Å². The van der Waals surface area contributed by atoms with Gasteiger partial charge in [-0.3, -0.25) is 4.79 Å². The van der Waals surface area contributed by atoms with Crippen LogP contribution in [0.1, 0.15) is 16.1 Å². The third-order valence-electron chi connectivity index (χ3n) is 3.15. The molecule has 1 heterocycles. The molecule has 0 atom stereocenters. The van der Waals surface area contributed by atoms with Gasteiger partial charge in [-0.05, 0) is 24.3 Å². The van der Waals surface area contributed by atoms with Crippen molar-refractivity contribution in [2.45, 2.75) is 0 Å². The first kappa shape index (κ1) is 15.8. The molecule has 1 amide bonds. The van der Waals surface area contributed by atoms with Crippen LogP contribution in [-0.2, 0) is 0 Å². The molecule has 0 bridgehead atoms. The summed E-state index contributed by atoms with van der Waals surface area (Å²) in [5.41, 5.74) is 1.75. The Balaban J connectivity index is 1.61. The molecule has 0 spiro atoms. The number of rotatable bonds is 3. The molecule has 1 aromatic heterocycles. The largest absolute Gasteiger partial charge is 0.340 e. The third-order valence-corrected chi connectivity index (χ3v) is 3.48. The maximum absolute atomic E-state index is 12.0. The summed E-state index contributed by atoms with van der Waals surface area (Å²) in [6, 6.07) is 16.7. The number of amides is 1. The van der Waals surface area contributed by atoms with Gasteiger partial charge in [0, 0.05) is 5.56 Å². The van der Waals surface area contributed by atoms with Crippen LogP contribution < -0.4 is 5.32 Å². The summed E-state index contributed by atoms with van der Waals surface area (Å²) >= 11 is 6.01. The van der Waals surface area contributed by atoms with Gasteiger partial charge >= 0.3 is 0 Å². The standard InChI is InChI=1S/C18H13ClN4O/c19-16-11-5-4-7-14(16)8-6-12-20-18(24)17-13-21-23(22-17)15-9-2-1-3-10-15/h1-5,7,9-11,13H,12H2,(H,20,24). The number of hydrogen-bond acceptors (Lipinski definition) is 3. The van der Waals surface area contributed by atoms with Crippen molar-refractivity contribution < 1.29 is 4.79 Å². The van der Waals surface area contributed by atoms with Gasteiger partial charge in [0.15, 0.2) is 5.69 Å². The minimum absolute atomic E-state index is 0.197. The van der Waals surface area contributed by atoms with E-state index in [1.54, 1.807) is 6.07 Å². The monoisotopic (exact) mass is 336 g/mol. The van der Waals surface area contributed by atoms with Crippen LogP contribution in [0.2, 0.25) is 5.02 Å². The fourth-order valence-corrected chi connectivity index (χ4v) is 2.15. The van der Waals surface area contributed by atoms with Crippen molar-refractivity contribution in [3.8, 4) is 17.5 Å². The minimum Gasteiger partial charge on any atom is -0.340 e. The lowest BCUT2D eigenvalue weighted by molar-refractivity contribution is 0.0953. The molecule has 0 fully saturated rings. The van der Waals surface area contributed by atoms with Crippen LogP contribution >= 0.6 is 11.6 Å². The van der Waals surface area contributed by atoms with Crippen molar-refractivity contribution in [3.05, 3.63) is 77.1 Å². The highest BCUT2D eigenvalue weighted by atomic mass is 35.5. The maximum Gasteiger partial charge on any atom is 0.274 e. The number of nitrogens with zero attached hydrogens (tertiary/aromatic N) is 3. The summed E-state index contributed by atoms with van der Waals surface area (Å²) in [6.45, 7) is 0.197. The van der Waals surface area contributed by atoms with Crippen molar-refractivity contribution in [1.82, 2.24) is 20.3 Å². The fourth-order valence-electron chi connectivity index (χ4n) is 1.97. The number of aromatic nitrogens is 3. The molecule has 0 saturated heterocycles. The molecule has 24 heavy (non-hydrogen) atoms. The minimum atomic E-state index is -0.328. The molecule has 0 aliphatic heterocycles. The van der Waals surface area contributed by atoms with Gasteiger partial charge in [0.05, 0.1) is 23.5 Å². The summed E-state index contributed by atoms with van der Waals surface area (Å²) in [6.07, 6.45) is 1.42. The fraction of sp³-hybridized carbons (Fsp3) is 0.0556. The molecule has 5 nitrogen and oxygen atoms in total. The zero-order valence-corrected chi connectivity index (χ0v) is 13.4. The summed E-state index contributed by atoms with van der Waals surface area (Å²) in [5.74, 6) is 5.45. The van der Waals surface area contributed by atoms with Crippen LogP contribution in [0.3, 0.4) is 0 Å². The average molecular weight is 337 g/mol. The molecule has 0 radical (unpaired) electrons. The van der Waals surface area contributed by atoms with E-state index >= 15 is 0 Å². The second-order valence-electron chi connectivity index (χ2n) is 4.82. The number of para-hydroxylation sites is 1. The van der Waals surface area contributed by atoms with E-state index in [1.807, 2.05) is 48.5 Å². The first-order valence-electron chi connectivity index (χ1n) is 7.23. The molecule has 3 rings (SSSR count). The van der Waals surface area contributed by atoms with Gasteiger partial charge in [-0.2, -0.15) is 9.90 Å². The van der Waals surface area contributed by atoms with Gasteiger partial charge in [-0.1, -0.05) is 53.8 Å². The summed E-state index contributed by atoms with van der Waals surface area (Å²) in [5, 5.41) is 11.5. The summed E-state index contributed by atoms with van der Waals surface area (Å²) < 4.78 is 0. The van der Waals surface area contributed by atoms with Crippen LogP contribution in [-0.4, -0.2) is 27.4 Å². The Hall–Kier alpha value is -3.10. The summed E-state index contributed by atoms with van der Waals surface area (Å²) in [4.78, 5) is 13.5. The van der Waals surface area contributed by atoms with Crippen LogP contribution in [0.25, 0.3) is 5.69 Å². The Bertz CT molecular complexity index is 909. The van der Waals surface area contributed by atoms with Gasteiger partial charge in [-0.25, -0.2) is 0 Å². The second kappa shape index (κ2) is 7.44. The quantitative estimate of drug-likeness (QED) is 0.748. The van der Waals surface area contributed by atoms with E-state index in [0.29, 0.717) is 5.02 Å². The van der Waals surface area contributed by atoms with E-state index in [-0.39, 0.29) is 18.1 Å². The molecule has 2 aromatic carbocycles. The smallest absolute Gasteiger partial charge is 0.274 e. The van der Waals surface area contributed by atoms with E-state index in [1.165, 1.54) is 11.0 Å². The Morgan fingerprint density at radius 2 is 1.88 bits per heavy atom. The van der Waals surface area contributed by atoms with Crippen molar-refractivity contribution >= 4 is 17.5 Å². The number of nitrogens with one attached hydrogen (secondary N) is 1. The van der Waals surface area contributed by atoms with E-state index in [0.717, 1.165) is 11.3 Å². The SMILES string of the molecule is O=C(NCC#Cc1ccccc1Cl)c1cnn(-c2ccccc2)n1. The Labute approximate surface area is 144 Å². The average Bonchev–Trinajstić information content (AvgIpc) is 3.11. The molecule has 1 N–H and O–H groups in total. The molecule has 3 aromatic rings. The number of benzene rings is 2. The predicted molar refractivity (Wildman–Crippen MR) is 92.0 cm³/mol. The Morgan fingerprint density at radius 1 is 1.12 bits per heavy atom. The normalized spacial score (nSPS) is 9.88. The van der Waals surface area contributed by atoms with Crippen LogP contribution in [0.15, 0.2) is 60.8 Å². The van der Waals surface area contributed by atoms with Gasteiger partial charge in [0.25, 0.3) is 5.91 Å². The predicted octanol–water partition coefficient (Wildman–Crippen LogP) is 2.70. The van der Waals surface area contributed by atoms with Crippen molar-refractivity contribution in [2.75, 3.05) is 6.54 Å². The first-order chi connectivity index (χ1) is 11.7. The van der Waals surface area contributed by atoms with E-state index < -0.39 is 0 Å². The highest BCUT2D eigenvalue weighted by molar-refractivity contribution is 6.31. The van der Waals surface area contributed by atoms with Crippen LogP contribution in [0, 0.1) is 11.8 Å². The Morgan fingerprint density at radius 3 is 2.67 bits per heavy atom. The summed E-state index contributed by atoms with van der Waals surface area (Å²) in [7, 11) is 0. The number of carbonyl (C=O) groups is 1. The lowest BCUT2D eigenvalue weighted by Crippen LogP contribution is -2.24. The maximum atomic E-state index is 12.0. The molecule has 0 aliphatic rings. The lowest BCUT2D eigenvalue weighted by atomic mass is 10.2. The van der Waals surface area contributed by atoms with E-state index in [4.69, 9.17) is 11.6 Å². The Kier molecular flexibility index (Phi) is 4.90. The molecular formula is C18H13ClN4O. The van der Waals surface area contributed by atoms with Crippen LogP contribution in [0.4, 0.5) is 0 Å². The van der Waals surface area contributed by atoms with Crippen LogP contribution in [0.5, 0.6) is 0 Å². The third kappa shape index (κ3) is 3.80. The highest BCUT2D eigenvalue weighted by Gasteiger charge is 2.10. The van der Waals surface area contributed by atoms with E-state index in [2.05, 4.69) is 27.4 Å². The van der Waals surface area contributed by atoms with Gasteiger partial charge in [0.1, 0.15) is 0 Å². The molecular weight excluding hydrogens is 324 g/mol. The van der Waals surface area contributed by atoms with Gasteiger partial charge in [0.2, 0.25) is 0 Å². The molecule has 0 unspecified atom stereocenters. The molecule has 118 valence electrons. The topological polar surface area (TPSA) is 59.8 Å². The van der Waals surface area contributed by atoms with Crippen molar-refractivity contribution in [2.24, 2.45) is 0 Å². The molecule has 6 heteroatoms. The zero-order chi connectivity index (χ0) is 16.8. The zero-order valence-electron chi connectivity index (χ0n) is 12.6. The van der Waals surface area contributed by atoms with Gasteiger partial charge < -0.3 is 5.32 Å². The second-order valence-corrected chi connectivity index (χ2v) is 5.23. The molecule has 0 saturated carbocycles. The number of hydrogen-bond donors (Lipinski definition) is 1. The van der Waals surface area contributed by atoms with E-state index in [9.17, 15) is 4.79 Å². The lowest BCUT2D eigenvalue weighted by Gasteiger charge is -1.98.